The van der Waals surface area contributed by atoms with Crippen molar-refractivity contribution in [2.24, 2.45) is 0 Å². The summed E-state index contributed by atoms with van der Waals surface area (Å²) >= 11 is 0. The van der Waals surface area contributed by atoms with E-state index in [2.05, 4.69) is 5.10 Å². The maximum atomic E-state index is 11.9. The molecule has 94 valence electrons. The van der Waals surface area contributed by atoms with Gasteiger partial charge in [0.15, 0.2) is 6.20 Å². The highest BCUT2D eigenvalue weighted by molar-refractivity contribution is 5.56. The number of nitrogens with zero attached hydrogens (tertiary/aromatic N) is 3. The van der Waals surface area contributed by atoms with Crippen molar-refractivity contribution in [2.75, 3.05) is 0 Å². The SMILES string of the molecule is Cc1ccc(-n2nc(-c3ccccc3)c[n+]2[O-])cc1. The molecular weight excluding hydrogens is 238 g/mol. The van der Waals surface area contributed by atoms with Gasteiger partial charge in [-0.3, -0.25) is 0 Å². The van der Waals surface area contributed by atoms with Crippen molar-refractivity contribution in [2.45, 2.75) is 6.92 Å². The Kier molecular flexibility index (Phi) is 2.76. The summed E-state index contributed by atoms with van der Waals surface area (Å²) in [5.41, 5.74) is 3.49. The molecule has 1 aromatic heterocycles. The Morgan fingerprint density at radius 2 is 1.68 bits per heavy atom. The predicted octanol–water partition coefficient (Wildman–Crippen LogP) is 2.48. The maximum Gasteiger partial charge on any atom is 0.249 e. The van der Waals surface area contributed by atoms with Crippen molar-refractivity contribution >= 4 is 0 Å². The van der Waals surface area contributed by atoms with Gasteiger partial charge < -0.3 is 5.21 Å². The minimum atomic E-state index is 0.663. The van der Waals surface area contributed by atoms with Crippen LogP contribution in [-0.4, -0.2) is 9.90 Å². The van der Waals surface area contributed by atoms with Crippen LogP contribution in [0.3, 0.4) is 0 Å². The molecule has 0 saturated carbocycles. The van der Waals surface area contributed by atoms with Crippen LogP contribution < -0.4 is 4.85 Å². The summed E-state index contributed by atoms with van der Waals surface area (Å²) in [6.07, 6.45) is 1.48. The fraction of sp³-hybridized carbons (Fsp3) is 0.0667. The molecule has 0 radical (unpaired) electrons. The Hall–Kier alpha value is -2.62. The zero-order valence-electron chi connectivity index (χ0n) is 10.5. The highest BCUT2D eigenvalue weighted by atomic mass is 16.5. The molecule has 2 aromatic carbocycles. The third kappa shape index (κ3) is 2.20. The van der Waals surface area contributed by atoms with Gasteiger partial charge >= 0.3 is 0 Å². The molecule has 3 aromatic rings. The van der Waals surface area contributed by atoms with Crippen LogP contribution in [-0.2, 0) is 0 Å². The van der Waals surface area contributed by atoms with E-state index in [1.807, 2.05) is 61.5 Å². The van der Waals surface area contributed by atoms with E-state index in [1.165, 1.54) is 11.0 Å². The molecule has 0 bridgehead atoms. The molecule has 0 unspecified atom stereocenters. The highest BCUT2D eigenvalue weighted by Crippen LogP contribution is 2.15. The lowest BCUT2D eigenvalue weighted by atomic mass is 10.2. The standard InChI is InChI=1S/C15H13N3O/c1-12-7-9-14(10-8-12)18-16-15(11-17(18)19)13-5-3-2-4-6-13/h2-11H,1H3. The quantitative estimate of drug-likeness (QED) is 0.519. The summed E-state index contributed by atoms with van der Waals surface area (Å²) in [5.74, 6) is 0. The zero-order valence-corrected chi connectivity index (χ0v) is 10.5. The van der Waals surface area contributed by atoms with Crippen LogP contribution in [0.25, 0.3) is 16.9 Å². The van der Waals surface area contributed by atoms with Gasteiger partial charge in [-0.15, -0.1) is 0 Å². The Balaban J connectivity index is 2.05. The van der Waals surface area contributed by atoms with Crippen molar-refractivity contribution in [3.63, 3.8) is 0 Å². The molecule has 0 spiro atoms. The molecule has 0 saturated heterocycles. The predicted molar refractivity (Wildman–Crippen MR) is 72.7 cm³/mol. The van der Waals surface area contributed by atoms with E-state index in [4.69, 9.17) is 0 Å². The number of benzene rings is 2. The van der Waals surface area contributed by atoms with E-state index in [0.29, 0.717) is 5.69 Å². The van der Waals surface area contributed by atoms with Crippen molar-refractivity contribution in [3.05, 3.63) is 71.6 Å². The summed E-state index contributed by atoms with van der Waals surface area (Å²) in [4.78, 5) is 2.09. The van der Waals surface area contributed by atoms with Crippen LogP contribution in [0.4, 0.5) is 0 Å². The molecular formula is C15H13N3O. The van der Waals surface area contributed by atoms with Gasteiger partial charge in [0.2, 0.25) is 5.69 Å². The molecule has 4 nitrogen and oxygen atoms in total. The summed E-state index contributed by atoms with van der Waals surface area (Å²) in [7, 11) is 0. The number of hydrogen-bond donors (Lipinski definition) is 0. The zero-order chi connectivity index (χ0) is 13.2. The van der Waals surface area contributed by atoms with Crippen LogP contribution in [0.15, 0.2) is 60.8 Å². The van der Waals surface area contributed by atoms with Crippen LogP contribution in [0, 0.1) is 12.1 Å². The van der Waals surface area contributed by atoms with Gasteiger partial charge in [-0.25, -0.2) is 0 Å². The third-order valence-electron chi connectivity index (χ3n) is 2.96. The minimum Gasteiger partial charge on any atom is -0.692 e. The van der Waals surface area contributed by atoms with Gasteiger partial charge in [-0.2, -0.15) is 4.85 Å². The number of hydrogen-bond acceptors (Lipinski definition) is 2. The van der Waals surface area contributed by atoms with Gasteiger partial charge in [0.1, 0.15) is 5.69 Å². The first kappa shape index (κ1) is 11.5. The first-order chi connectivity index (χ1) is 9.24. The Morgan fingerprint density at radius 1 is 1.00 bits per heavy atom. The molecule has 0 fully saturated rings. The second kappa shape index (κ2) is 4.57. The summed E-state index contributed by atoms with van der Waals surface area (Å²) in [5, 5.41) is 16.3. The summed E-state index contributed by atoms with van der Waals surface area (Å²) < 4.78 is 0. The number of aromatic nitrogens is 3. The van der Waals surface area contributed by atoms with Gasteiger partial charge in [0.05, 0.1) is 5.10 Å². The second-order valence-electron chi connectivity index (χ2n) is 4.41. The minimum absolute atomic E-state index is 0.663. The highest BCUT2D eigenvalue weighted by Gasteiger charge is 2.15. The largest absolute Gasteiger partial charge is 0.692 e. The van der Waals surface area contributed by atoms with E-state index in [-0.39, 0.29) is 0 Å². The molecule has 0 aliphatic rings. The summed E-state index contributed by atoms with van der Waals surface area (Å²) in [6, 6.07) is 17.3. The van der Waals surface area contributed by atoms with Gasteiger partial charge in [0.25, 0.3) is 0 Å². The van der Waals surface area contributed by atoms with E-state index in [9.17, 15) is 5.21 Å². The number of rotatable bonds is 2. The van der Waals surface area contributed by atoms with Crippen molar-refractivity contribution in [1.29, 1.82) is 0 Å². The van der Waals surface area contributed by atoms with Gasteiger partial charge in [-0.1, -0.05) is 48.0 Å². The fourth-order valence-corrected chi connectivity index (χ4v) is 1.92. The van der Waals surface area contributed by atoms with Crippen LogP contribution >= 0.6 is 0 Å². The van der Waals surface area contributed by atoms with Crippen molar-refractivity contribution in [1.82, 2.24) is 9.90 Å². The molecule has 19 heavy (non-hydrogen) atoms. The fourth-order valence-electron chi connectivity index (χ4n) is 1.92. The Labute approximate surface area is 111 Å². The van der Waals surface area contributed by atoms with Crippen LogP contribution in [0.1, 0.15) is 5.56 Å². The average molecular weight is 251 g/mol. The molecule has 4 heteroatoms. The lowest BCUT2D eigenvalue weighted by Gasteiger charge is -2.02. The van der Waals surface area contributed by atoms with E-state index >= 15 is 0 Å². The molecule has 0 atom stereocenters. The molecule has 0 aliphatic carbocycles. The molecule has 0 amide bonds. The Morgan fingerprint density at radius 3 is 2.37 bits per heavy atom. The first-order valence-electron chi connectivity index (χ1n) is 6.06. The summed E-state index contributed by atoms with van der Waals surface area (Å²) in [6.45, 7) is 2.01. The molecule has 1 heterocycles. The van der Waals surface area contributed by atoms with Gasteiger partial charge in [0, 0.05) is 5.56 Å². The lowest BCUT2D eigenvalue weighted by Crippen LogP contribution is -2.36. The normalized spacial score (nSPS) is 10.6. The number of aryl methyl sites for hydroxylation is 1. The van der Waals surface area contributed by atoms with Crippen LogP contribution in [0.5, 0.6) is 0 Å². The van der Waals surface area contributed by atoms with Crippen LogP contribution in [0.2, 0.25) is 0 Å². The smallest absolute Gasteiger partial charge is 0.249 e. The lowest BCUT2D eigenvalue weighted by molar-refractivity contribution is -0.688. The van der Waals surface area contributed by atoms with E-state index in [0.717, 1.165) is 21.7 Å². The van der Waals surface area contributed by atoms with Gasteiger partial charge in [-0.05, 0) is 23.9 Å². The second-order valence-corrected chi connectivity index (χ2v) is 4.41. The topological polar surface area (TPSA) is 44.8 Å². The molecule has 0 aliphatic heterocycles. The van der Waals surface area contributed by atoms with E-state index in [1.54, 1.807) is 0 Å². The van der Waals surface area contributed by atoms with E-state index < -0.39 is 0 Å². The van der Waals surface area contributed by atoms with Crippen molar-refractivity contribution in [3.8, 4) is 16.9 Å². The first-order valence-corrected chi connectivity index (χ1v) is 6.06. The monoisotopic (exact) mass is 251 g/mol. The molecule has 0 N–H and O–H groups in total. The maximum absolute atomic E-state index is 11.9. The third-order valence-corrected chi connectivity index (χ3v) is 2.96. The van der Waals surface area contributed by atoms with Crippen molar-refractivity contribution < 1.29 is 4.85 Å². The molecule has 3 rings (SSSR count). The Bertz CT molecular complexity index is 687. The average Bonchev–Trinajstić information content (AvgIpc) is 2.83.